The first-order valence-electron chi connectivity index (χ1n) is 9.42. The lowest BCUT2D eigenvalue weighted by Crippen LogP contribution is -2.58. The molecule has 1 unspecified atom stereocenters. The summed E-state index contributed by atoms with van der Waals surface area (Å²) in [4.78, 5) is 25.3. The van der Waals surface area contributed by atoms with Crippen molar-refractivity contribution in [2.24, 2.45) is 29.6 Å². The zero-order valence-corrected chi connectivity index (χ0v) is 17.1. The fraction of sp³-hybridized carbons (Fsp3) is 0.810. The van der Waals surface area contributed by atoms with E-state index in [9.17, 15) is 9.59 Å². The van der Waals surface area contributed by atoms with Gasteiger partial charge >= 0.3 is 0 Å². The van der Waals surface area contributed by atoms with Crippen LogP contribution in [0.25, 0.3) is 0 Å². The predicted molar refractivity (Wildman–Crippen MR) is 103 cm³/mol. The van der Waals surface area contributed by atoms with Gasteiger partial charge in [-0.25, -0.2) is 0 Å². The van der Waals surface area contributed by atoms with Crippen molar-refractivity contribution in [2.75, 3.05) is 0 Å². The molecule has 0 saturated carbocycles. The highest BCUT2D eigenvalue weighted by Crippen LogP contribution is 2.38. The summed E-state index contributed by atoms with van der Waals surface area (Å²) in [6.45, 7) is 20.6. The second-order valence-electron chi connectivity index (χ2n) is 8.83. The van der Waals surface area contributed by atoms with Crippen LogP contribution in [0.3, 0.4) is 0 Å². The summed E-state index contributed by atoms with van der Waals surface area (Å²) in [6, 6.07) is 0. The van der Waals surface area contributed by atoms with E-state index in [0.29, 0.717) is 24.2 Å². The van der Waals surface area contributed by atoms with Crippen LogP contribution in [0, 0.1) is 29.6 Å². The molecule has 1 atom stereocenters. The molecule has 0 aromatic rings. The molecule has 0 heterocycles. The highest BCUT2D eigenvalue weighted by molar-refractivity contribution is 5.89. The molecular weight excluding hydrogens is 298 g/mol. The molecule has 140 valence electrons. The van der Waals surface area contributed by atoms with Crippen LogP contribution < -0.4 is 5.32 Å². The summed E-state index contributed by atoms with van der Waals surface area (Å²) < 4.78 is 0. The molecule has 3 nitrogen and oxygen atoms in total. The van der Waals surface area contributed by atoms with Gasteiger partial charge in [0.25, 0.3) is 0 Å². The van der Waals surface area contributed by atoms with E-state index in [1.54, 1.807) is 0 Å². The maximum atomic E-state index is 13.1. The van der Waals surface area contributed by atoms with Crippen LogP contribution in [0.4, 0.5) is 0 Å². The summed E-state index contributed by atoms with van der Waals surface area (Å²) in [5.74, 6) is 1.20. The monoisotopic (exact) mass is 337 g/mol. The minimum absolute atomic E-state index is 0.173. The normalized spacial score (nSPS) is 13.7. The number of hydrogen-bond donors (Lipinski definition) is 1. The van der Waals surface area contributed by atoms with Gasteiger partial charge in [0.2, 0.25) is 5.91 Å². The zero-order chi connectivity index (χ0) is 19.1. The second-order valence-corrected chi connectivity index (χ2v) is 8.83. The van der Waals surface area contributed by atoms with Crippen molar-refractivity contribution < 1.29 is 9.59 Å². The van der Waals surface area contributed by atoms with Crippen LogP contribution in [-0.2, 0) is 9.59 Å². The third-order valence-corrected chi connectivity index (χ3v) is 4.32. The van der Waals surface area contributed by atoms with E-state index in [2.05, 4.69) is 67.3 Å². The summed E-state index contributed by atoms with van der Waals surface area (Å²) >= 11 is 0. The van der Waals surface area contributed by atoms with Gasteiger partial charge in [0.15, 0.2) is 0 Å². The predicted octanol–water partition coefficient (Wildman–Crippen LogP) is 5.01. The molecule has 0 aliphatic heterocycles. The topological polar surface area (TPSA) is 46.2 Å². The van der Waals surface area contributed by atoms with E-state index in [4.69, 9.17) is 0 Å². The van der Waals surface area contributed by atoms with E-state index in [1.807, 2.05) is 0 Å². The van der Waals surface area contributed by atoms with Gasteiger partial charge in [-0.2, -0.15) is 0 Å². The second kappa shape index (κ2) is 10.0. The third kappa shape index (κ3) is 7.19. The SMILES string of the molecule is C=CC(=O)NC(CC(C)C)(CC(C)C)C(C(=O)CC(C)C)C(C)C. The van der Waals surface area contributed by atoms with Crippen molar-refractivity contribution in [3.8, 4) is 0 Å². The van der Waals surface area contributed by atoms with Gasteiger partial charge in [-0.05, 0) is 42.6 Å². The smallest absolute Gasteiger partial charge is 0.243 e. The Hall–Kier alpha value is -1.12. The van der Waals surface area contributed by atoms with E-state index >= 15 is 0 Å². The Morgan fingerprint density at radius 1 is 0.917 bits per heavy atom. The molecule has 0 aromatic carbocycles. The number of carbonyl (C=O) groups excluding carboxylic acids is 2. The molecule has 0 rings (SSSR count). The molecular formula is C21H39NO2. The van der Waals surface area contributed by atoms with Crippen molar-refractivity contribution >= 4 is 11.7 Å². The van der Waals surface area contributed by atoms with Crippen LogP contribution in [-0.4, -0.2) is 17.2 Å². The van der Waals surface area contributed by atoms with E-state index in [0.717, 1.165) is 12.8 Å². The average molecular weight is 338 g/mol. The van der Waals surface area contributed by atoms with Crippen LogP contribution >= 0.6 is 0 Å². The number of Topliss-reactive ketones (excluding diaryl/α,β-unsaturated/α-hetero) is 1. The average Bonchev–Trinajstić information content (AvgIpc) is 2.34. The Kier molecular flexibility index (Phi) is 9.54. The molecule has 0 aromatic heterocycles. The lowest BCUT2D eigenvalue weighted by atomic mass is 9.66. The van der Waals surface area contributed by atoms with Crippen molar-refractivity contribution in [2.45, 2.75) is 80.2 Å². The fourth-order valence-electron chi connectivity index (χ4n) is 4.12. The number of amides is 1. The van der Waals surface area contributed by atoms with Crippen LogP contribution in [0.15, 0.2) is 12.7 Å². The summed E-state index contributed by atoms with van der Waals surface area (Å²) in [7, 11) is 0. The van der Waals surface area contributed by atoms with Gasteiger partial charge in [-0.1, -0.05) is 62.0 Å². The van der Waals surface area contributed by atoms with Crippen LogP contribution in [0.5, 0.6) is 0 Å². The molecule has 0 fully saturated rings. The highest BCUT2D eigenvalue weighted by atomic mass is 16.2. The number of rotatable bonds is 11. The van der Waals surface area contributed by atoms with E-state index in [-0.39, 0.29) is 23.5 Å². The van der Waals surface area contributed by atoms with Gasteiger partial charge < -0.3 is 5.32 Å². The van der Waals surface area contributed by atoms with Crippen molar-refractivity contribution in [3.63, 3.8) is 0 Å². The maximum Gasteiger partial charge on any atom is 0.243 e. The van der Waals surface area contributed by atoms with Crippen molar-refractivity contribution in [1.29, 1.82) is 0 Å². The van der Waals surface area contributed by atoms with Crippen LogP contribution in [0.1, 0.15) is 74.7 Å². The van der Waals surface area contributed by atoms with Gasteiger partial charge in [0, 0.05) is 12.3 Å². The Morgan fingerprint density at radius 2 is 1.38 bits per heavy atom. The van der Waals surface area contributed by atoms with Gasteiger partial charge in [-0.3, -0.25) is 9.59 Å². The molecule has 0 aliphatic rings. The zero-order valence-electron chi connectivity index (χ0n) is 17.1. The molecule has 0 bridgehead atoms. The lowest BCUT2D eigenvalue weighted by Gasteiger charge is -2.45. The third-order valence-electron chi connectivity index (χ3n) is 4.32. The standard InChI is InChI=1S/C21H39NO2/c1-10-19(24)22-21(12-15(4)5,13-16(6)7)20(17(8)9)18(23)11-14(2)3/h10,14-17,20H,1,11-13H2,2-9H3,(H,22,24). The molecule has 24 heavy (non-hydrogen) atoms. The number of hydrogen-bond acceptors (Lipinski definition) is 2. The molecule has 1 amide bonds. The summed E-state index contributed by atoms with van der Waals surface area (Å²) in [5, 5.41) is 3.20. The van der Waals surface area contributed by atoms with Gasteiger partial charge in [-0.15, -0.1) is 0 Å². The van der Waals surface area contributed by atoms with Gasteiger partial charge in [0.1, 0.15) is 5.78 Å². The summed E-state index contributed by atoms with van der Waals surface area (Å²) in [6.07, 6.45) is 3.49. The molecule has 3 heteroatoms. The first kappa shape index (κ1) is 22.9. The first-order valence-corrected chi connectivity index (χ1v) is 9.42. The molecule has 1 N–H and O–H groups in total. The van der Waals surface area contributed by atoms with E-state index in [1.165, 1.54) is 6.08 Å². The number of ketones is 1. The van der Waals surface area contributed by atoms with Crippen molar-refractivity contribution in [3.05, 3.63) is 12.7 Å². The highest BCUT2D eigenvalue weighted by Gasteiger charge is 2.45. The Morgan fingerprint density at radius 3 is 1.67 bits per heavy atom. The minimum atomic E-state index is -0.506. The molecule has 0 spiro atoms. The minimum Gasteiger partial charge on any atom is -0.346 e. The summed E-state index contributed by atoms with van der Waals surface area (Å²) in [5.41, 5.74) is -0.506. The Bertz CT molecular complexity index is 412. The molecule has 0 aliphatic carbocycles. The Balaban J connectivity index is 6.05. The number of nitrogens with one attached hydrogen (secondary N) is 1. The first-order chi connectivity index (χ1) is 10.9. The maximum absolute atomic E-state index is 13.1. The number of carbonyl (C=O) groups is 2. The van der Waals surface area contributed by atoms with Crippen LogP contribution in [0.2, 0.25) is 0 Å². The lowest BCUT2D eigenvalue weighted by molar-refractivity contribution is -0.131. The fourth-order valence-corrected chi connectivity index (χ4v) is 4.12. The van der Waals surface area contributed by atoms with Crippen molar-refractivity contribution in [1.82, 2.24) is 5.32 Å². The molecule has 0 radical (unpaired) electrons. The quantitative estimate of drug-likeness (QED) is 0.539. The Labute approximate surface area is 149 Å². The largest absolute Gasteiger partial charge is 0.346 e. The van der Waals surface area contributed by atoms with E-state index < -0.39 is 5.54 Å². The molecule has 0 saturated heterocycles. The van der Waals surface area contributed by atoms with Gasteiger partial charge in [0.05, 0.1) is 5.54 Å².